The summed E-state index contributed by atoms with van der Waals surface area (Å²) in [6, 6.07) is 0. The molecule has 1 aliphatic rings. The second-order valence-electron chi connectivity index (χ2n) is 13.2. The lowest BCUT2D eigenvalue weighted by atomic mass is 9.98. The molecule has 6 heteroatoms. The highest BCUT2D eigenvalue weighted by molar-refractivity contribution is 4.92. The molecule has 1 aliphatic heterocycles. The average Bonchev–Trinajstić information content (AvgIpc) is 3.02. The third kappa shape index (κ3) is 21.5. The van der Waals surface area contributed by atoms with Gasteiger partial charge < -0.3 is 28.8 Å². The van der Waals surface area contributed by atoms with Gasteiger partial charge in [0.15, 0.2) is 6.29 Å². The van der Waals surface area contributed by atoms with Crippen LogP contribution in [0.25, 0.3) is 0 Å². The van der Waals surface area contributed by atoms with Gasteiger partial charge in [-0.15, -0.1) is 0 Å². The highest BCUT2D eigenvalue weighted by Gasteiger charge is 2.47. The van der Waals surface area contributed by atoms with Gasteiger partial charge in [-0.1, -0.05) is 156 Å². The van der Waals surface area contributed by atoms with Crippen molar-refractivity contribution >= 4 is 0 Å². The van der Waals surface area contributed by atoms with E-state index in [0.29, 0.717) is 33.0 Å². The lowest BCUT2D eigenvalue weighted by molar-refractivity contribution is -0.312. The molecule has 44 heavy (non-hydrogen) atoms. The van der Waals surface area contributed by atoms with Crippen molar-refractivity contribution in [1.82, 2.24) is 0 Å². The van der Waals surface area contributed by atoms with Gasteiger partial charge in [0.05, 0.1) is 6.61 Å². The molecule has 0 radical (unpaired) electrons. The highest BCUT2D eigenvalue weighted by Crippen LogP contribution is 2.29. The fourth-order valence-corrected chi connectivity index (χ4v) is 6.09. The maximum Gasteiger partial charge on any atom is 0.184 e. The largest absolute Gasteiger partial charge is 0.379 e. The maximum atomic E-state index is 11.2. The Kier molecular flexibility index (Phi) is 29.8. The Morgan fingerprint density at radius 1 is 0.409 bits per heavy atom. The van der Waals surface area contributed by atoms with E-state index in [0.717, 1.165) is 32.1 Å². The van der Waals surface area contributed by atoms with Crippen LogP contribution in [0.15, 0.2) is 0 Å². The van der Waals surface area contributed by atoms with E-state index in [-0.39, 0.29) is 18.3 Å². The van der Waals surface area contributed by atoms with Crippen molar-refractivity contribution in [3.05, 3.63) is 0 Å². The third-order valence-electron chi connectivity index (χ3n) is 8.96. The van der Waals surface area contributed by atoms with Crippen LogP contribution in [0.3, 0.4) is 0 Å². The number of ether oxygens (including phenoxy) is 5. The van der Waals surface area contributed by atoms with Crippen molar-refractivity contribution in [2.24, 2.45) is 0 Å². The zero-order valence-corrected chi connectivity index (χ0v) is 29.9. The number of hydrogen-bond donors (Lipinski definition) is 1. The van der Waals surface area contributed by atoms with Crippen LogP contribution < -0.4 is 0 Å². The maximum absolute atomic E-state index is 11.2. The van der Waals surface area contributed by atoms with E-state index in [1.54, 1.807) is 0 Å². The first-order valence-electron chi connectivity index (χ1n) is 19.5. The van der Waals surface area contributed by atoms with Crippen molar-refractivity contribution in [3.63, 3.8) is 0 Å². The molecule has 1 fully saturated rings. The Bertz CT molecular complexity index is 576. The van der Waals surface area contributed by atoms with E-state index >= 15 is 0 Å². The Balaban J connectivity index is 2.79. The predicted molar refractivity (Wildman–Crippen MR) is 184 cm³/mol. The molecule has 0 saturated carbocycles. The summed E-state index contributed by atoms with van der Waals surface area (Å²) in [4.78, 5) is 0. The fraction of sp³-hybridized carbons (Fsp3) is 1.00. The average molecular weight is 629 g/mol. The first kappa shape index (κ1) is 41.8. The van der Waals surface area contributed by atoms with E-state index in [1.165, 1.54) is 122 Å². The number of hydrogen-bond acceptors (Lipinski definition) is 6. The zero-order chi connectivity index (χ0) is 31.9. The minimum absolute atomic E-state index is 0.312. The van der Waals surface area contributed by atoms with Gasteiger partial charge in [0.1, 0.15) is 24.4 Å². The SMILES string of the molecule is CCCCCCCCOC[C@H]1O[C@H](O)[C@H](OCCCCCCCC)[C@@H](OCCCCCCCC)[C@@H]1OCCCCCCCC. The number of aliphatic hydroxyl groups is 1. The summed E-state index contributed by atoms with van der Waals surface area (Å²) in [5, 5.41) is 11.2. The van der Waals surface area contributed by atoms with E-state index in [2.05, 4.69) is 27.7 Å². The van der Waals surface area contributed by atoms with Crippen LogP contribution in [-0.4, -0.2) is 68.8 Å². The van der Waals surface area contributed by atoms with E-state index in [1.807, 2.05) is 0 Å². The van der Waals surface area contributed by atoms with Crippen molar-refractivity contribution in [1.29, 1.82) is 0 Å². The van der Waals surface area contributed by atoms with E-state index in [4.69, 9.17) is 23.7 Å². The molecular formula is C38H76O6. The van der Waals surface area contributed by atoms with E-state index in [9.17, 15) is 5.11 Å². The molecule has 0 aliphatic carbocycles. The van der Waals surface area contributed by atoms with Gasteiger partial charge in [0.2, 0.25) is 0 Å². The van der Waals surface area contributed by atoms with Crippen LogP contribution in [-0.2, 0) is 23.7 Å². The Labute approximate surface area is 274 Å². The number of unbranched alkanes of at least 4 members (excludes halogenated alkanes) is 20. The Morgan fingerprint density at radius 3 is 1.18 bits per heavy atom. The topological polar surface area (TPSA) is 66.4 Å². The van der Waals surface area contributed by atoms with Crippen molar-refractivity contribution in [2.75, 3.05) is 33.0 Å². The van der Waals surface area contributed by atoms with Gasteiger partial charge in [0, 0.05) is 26.4 Å². The molecule has 0 spiro atoms. The summed E-state index contributed by atoms with van der Waals surface area (Å²) in [6.07, 6.45) is 26.6. The first-order chi connectivity index (χ1) is 21.7. The standard InChI is InChI=1S/C38H76O6/c1-5-9-13-17-21-25-29-40-33-34-35(41-30-26-22-18-14-10-6-2)36(42-31-27-23-19-15-11-7-3)37(38(39)44-34)43-32-28-24-20-16-12-8-4/h34-39H,5-33H2,1-4H3/t34-,35-,36+,37-,38+/m1/s1. The molecule has 0 aromatic heterocycles. The summed E-state index contributed by atoms with van der Waals surface area (Å²) in [5.74, 6) is 0. The lowest BCUT2D eigenvalue weighted by Crippen LogP contribution is -2.61. The van der Waals surface area contributed by atoms with Gasteiger partial charge in [-0.05, 0) is 25.7 Å². The molecule has 5 atom stereocenters. The molecule has 1 rings (SSSR count). The molecule has 1 N–H and O–H groups in total. The zero-order valence-electron chi connectivity index (χ0n) is 29.9. The summed E-state index contributed by atoms with van der Waals surface area (Å²) < 4.78 is 31.8. The number of rotatable bonds is 33. The molecule has 6 nitrogen and oxygen atoms in total. The van der Waals surface area contributed by atoms with Gasteiger partial charge >= 0.3 is 0 Å². The fourth-order valence-electron chi connectivity index (χ4n) is 6.09. The molecule has 1 heterocycles. The molecule has 0 aromatic rings. The highest BCUT2D eigenvalue weighted by atomic mass is 16.7. The van der Waals surface area contributed by atoms with Gasteiger partial charge in [-0.25, -0.2) is 0 Å². The molecule has 0 unspecified atom stereocenters. The van der Waals surface area contributed by atoms with Crippen LogP contribution in [0.2, 0.25) is 0 Å². The number of aliphatic hydroxyl groups excluding tert-OH is 1. The van der Waals surface area contributed by atoms with Crippen LogP contribution in [0, 0.1) is 0 Å². The van der Waals surface area contributed by atoms with Crippen LogP contribution in [0.5, 0.6) is 0 Å². The van der Waals surface area contributed by atoms with Crippen molar-refractivity contribution in [2.45, 2.75) is 213 Å². The lowest BCUT2D eigenvalue weighted by Gasteiger charge is -2.44. The van der Waals surface area contributed by atoms with Crippen molar-refractivity contribution < 1.29 is 28.8 Å². The second kappa shape index (κ2) is 31.4. The normalized spacial score (nSPS) is 22.2. The van der Waals surface area contributed by atoms with Crippen LogP contribution >= 0.6 is 0 Å². The van der Waals surface area contributed by atoms with Crippen molar-refractivity contribution in [3.8, 4) is 0 Å². The van der Waals surface area contributed by atoms with Gasteiger partial charge in [-0.2, -0.15) is 0 Å². The van der Waals surface area contributed by atoms with Gasteiger partial charge in [-0.3, -0.25) is 0 Å². The Morgan fingerprint density at radius 2 is 0.750 bits per heavy atom. The quantitative estimate of drug-likeness (QED) is 0.0730. The smallest absolute Gasteiger partial charge is 0.184 e. The molecule has 0 aromatic carbocycles. The summed E-state index contributed by atoms with van der Waals surface area (Å²) >= 11 is 0. The molecule has 264 valence electrons. The predicted octanol–water partition coefficient (Wildman–Crippen LogP) is 10.3. The van der Waals surface area contributed by atoms with E-state index < -0.39 is 12.4 Å². The minimum atomic E-state index is -1.04. The Hall–Kier alpha value is -0.240. The summed E-state index contributed by atoms with van der Waals surface area (Å²) in [6.45, 7) is 12.1. The summed E-state index contributed by atoms with van der Waals surface area (Å²) in [7, 11) is 0. The summed E-state index contributed by atoms with van der Waals surface area (Å²) in [5.41, 5.74) is 0. The monoisotopic (exact) mass is 629 g/mol. The third-order valence-corrected chi connectivity index (χ3v) is 8.96. The molecule has 1 saturated heterocycles. The molecule has 0 bridgehead atoms. The minimum Gasteiger partial charge on any atom is -0.379 e. The van der Waals surface area contributed by atoms with Crippen LogP contribution in [0.4, 0.5) is 0 Å². The van der Waals surface area contributed by atoms with Gasteiger partial charge in [0.25, 0.3) is 0 Å². The second-order valence-corrected chi connectivity index (χ2v) is 13.2. The van der Waals surface area contributed by atoms with Crippen LogP contribution in [0.1, 0.15) is 182 Å². The molecular weight excluding hydrogens is 552 g/mol. The molecule has 0 amide bonds. The first-order valence-corrected chi connectivity index (χ1v) is 19.5.